The summed E-state index contributed by atoms with van der Waals surface area (Å²) in [6.45, 7) is 3.06. The molecule has 1 spiro atoms. The Bertz CT molecular complexity index is 1150. The topological polar surface area (TPSA) is 38.0 Å². The molecule has 3 aliphatic rings. The SMILES string of the molecule is CC1[C@]23Cn4cnc(-c5ccc(F)cc5)c4C=C2CCC[C@@H]3[C@]1(O)c1ccccc1. The number of fused-ring (bicyclic) bond motifs is 1. The molecule has 0 amide bonds. The van der Waals surface area contributed by atoms with E-state index in [1.807, 2.05) is 24.5 Å². The van der Waals surface area contributed by atoms with Crippen LogP contribution >= 0.6 is 0 Å². The van der Waals surface area contributed by atoms with E-state index in [1.54, 1.807) is 12.1 Å². The highest BCUT2D eigenvalue weighted by atomic mass is 19.1. The molecule has 0 saturated heterocycles. The van der Waals surface area contributed by atoms with Crippen LogP contribution in [-0.4, -0.2) is 14.7 Å². The molecule has 0 radical (unpaired) electrons. The highest BCUT2D eigenvalue weighted by Crippen LogP contribution is 2.71. The van der Waals surface area contributed by atoms with Crippen molar-refractivity contribution in [1.29, 1.82) is 0 Å². The van der Waals surface area contributed by atoms with Crippen molar-refractivity contribution in [2.75, 3.05) is 0 Å². The van der Waals surface area contributed by atoms with Crippen molar-refractivity contribution in [2.24, 2.45) is 17.3 Å². The van der Waals surface area contributed by atoms with Gasteiger partial charge in [0, 0.05) is 29.4 Å². The minimum atomic E-state index is -0.779. The number of hydrogen-bond donors (Lipinski definition) is 1. The number of nitrogens with zero attached hydrogens (tertiary/aromatic N) is 2. The molecule has 3 aromatic rings. The third-order valence-electron chi connectivity index (χ3n) is 8.10. The maximum atomic E-state index is 13.4. The molecule has 0 bridgehead atoms. The van der Waals surface area contributed by atoms with Crippen molar-refractivity contribution >= 4 is 6.08 Å². The van der Waals surface area contributed by atoms with Crippen molar-refractivity contribution in [1.82, 2.24) is 9.55 Å². The van der Waals surface area contributed by atoms with Crippen LogP contribution in [0.3, 0.4) is 0 Å². The summed E-state index contributed by atoms with van der Waals surface area (Å²) in [4.78, 5) is 4.69. The Morgan fingerprint density at radius 1 is 1.10 bits per heavy atom. The van der Waals surface area contributed by atoms with E-state index in [0.717, 1.165) is 48.3 Å². The first-order chi connectivity index (χ1) is 14.5. The molecule has 1 N–H and O–H groups in total. The normalized spacial score (nSPS) is 31.8. The number of aromatic nitrogens is 2. The minimum absolute atomic E-state index is 0.0173. The Morgan fingerprint density at radius 3 is 2.63 bits per heavy atom. The van der Waals surface area contributed by atoms with Crippen molar-refractivity contribution in [2.45, 2.75) is 38.3 Å². The summed E-state index contributed by atoms with van der Waals surface area (Å²) in [5.74, 6) is 0.115. The molecule has 3 nitrogen and oxygen atoms in total. The number of hydrogen-bond acceptors (Lipinski definition) is 2. The number of aliphatic hydroxyl groups is 1. The predicted octanol–water partition coefficient (Wildman–Crippen LogP) is 5.41. The summed E-state index contributed by atoms with van der Waals surface area (Å²) in [6, 6.07) is 16.8. The maximum Gasteiger partial charge on any atom is 0.123 e. The Hall–Kier alpha value is -2.72. The van der Waals surface area contributed by atoms with Gasteiger partial charge in [0.2, 0.25) is 0 Å². The van der Waals surface area contributed by atoms with Crippen molar-refractivity contribution < 1.29 is 9.50 Å². The van der Waals surface area contributed by atoms with Gasteiger partial charge in [0.1, 0.15) is 5.82 Å². The summed E-state index contributed by atoms with van der Waals surface area (Å²) < 4.78 is 15.6. The first-order valence-corrected chi connectivity index (χ1v) is 10.8. The van der Waals surface area contributed by atoms with E-state index < -0.39 is 5.60 Å². The second-order valence-electron chi connectivity index (χ2n) is 9.18. The third-order valence-corrected chi connectivity index (χ3v) is 8.10. The molecular formula is C26H25FN2O. The first-order valence-electron chi connectivity index (χ1n) is 10.8. The summed E-state index contributed by atoms with van der Waals surface area (Å²) in [7, 11) is 0. The van der Waals surface area contributed by atoms with E-state index in [0.29, 0.717) is 0 Å². The lowest BCUT2D eigenvalue weighted by atomic mass is 9.37. The lowest BCUT2D eigenvalue weighted by Crippen LogP contribution is -2.69. The highest BCUT2D eigenvalue weighted by molar-refractivity contribution is 5.73. The van der Waals surface area contributed by atoms with E-state index in [1.165, 1.54) is 17.7 Å². The number of benzene rings is 2. The zero-order valence-electron chi connectivity index (χ0n) is 17.1. The average molecular weight is 400 g/mol. The van der Waals surface area contributed by atoms with Crippen LogP contribution in [0.2, 0.25) is 0 Å². The van der Waals surface area contributed by atoms with Gasteiger partial charge in [0.15, 0.2) is 0 Å². The quantitative estimate of drug-likeness (QED) is 0.625. The summed E-state index contributed by atoms with van der Waals surface area (Å²) in [6.07, 6.45) is 7.43. The number of allylic oxidation sites excluding steroid dienone is 1. The Balaban J connectivity index is 1.44. The van der Waals surface area contributed by atoms with Crippen molar-refractivity contribution in [3.8, 4) is 11.3 Å². The van der Waals surface area contributed by atoms with Crippen LogP contribution in [0.15, 0.2) is 66.5 Å². The van der Waals surface area contributed by atoms with Crippen LogP contribution < -0.4 is 0 Å². The smallest absolute Gasteiger partial charge is 0.123 e. The fraction of sp³-hybridized carbons (Fsp3) is 0.346. The van der Waals surface area contributed by atoms with Crippen LogP contribution in [0.25, 0.3) is 17.3 Å². The summed E-state index contributed by atoms with van der Waals surface area (Å²) >= 11 is 0. The van der Waals surface area contributed by atoms with Crippen LogP contribution in [0, 0.1) is 23.1 Å². The molecular weight excluding hydrogens is 375 g/mol. The zero-order valence-corrected chi connectivity index (χ0v) is 17.1. The highest BCUT2D eigenvalue weighted by Gasteiger charge is 2.71. The Labute approximate surface area is 175 Å². The van der Waals surface area contributed by atoms with Crippen LogP contribution in [0.1, 0.15) is 37.4 Å². The van der Waals surface area contributed by atoms with Crippen molar-refractivity contribution in [3.05, 3.63) is 83.6 Å². The molecule has 30 heavy (non-hydrogen) atoms. The maximum absolute atomic E-state index is 13.4. The lowest BCUT2D eigenvalue weighted by Gasteiger charge is -2.69. The fourth-order valence-electron chi connectivity index (χ4n) is 6.66. The molecule has 2 aromatic carbocycles. The monoisotopic (exact) mass is 400 g/mol. The van der Waals surface area contributed by atoms with Crippen LogP contribution in [0.5, 0.6) is 0 Å². The molecule has 2 saturated carbocycles. The van der Waals surface area contributed by atoms with Gasteiger partial charge in [-0.2, -0.15) is 0 Å². The van der Waals surface area contributed by atoms with Crippen LogP contribution in [0.4, 0.5) is 4.39 Å². The number of imidazole rings is 1. The Morgan fingerprint density at radius 2 is 1.87 bits per heavy atom. The molecule has 2 aliphatic carbocycles. The first kappa shape index (κ1) is 18.1. The summed E-state index contributed by atoms with van der Waals surface area (Å²) in [5, 5.41) is 11.8. The van der Waals surface area contributed by atoms with E-state index in [9.17, 15) is 9.50 Å². The van der Waals surface area contributed by atoms with E-state index in [-0.39, 0.29) is 23.1 Å². The van der Waals surface area contributed by atoms with E-state index >= 15 is 0 Å². The van der Waals surface area contributed by atoms with Gasteiger partial charge in [-0.3, -0.25) is 0 Å². The predicted molar refractivity (Wildman–Crippen MR) is 115 cm³/mol. The van der Waals surface area contributed by atoms with E-state index in [4.69, 9.17) is 0 Å². The molecule has 4 heteroatoms. The molecule has 1 aliphatic heterocycles. The third kappa shape index (κ3) is 2.15. The second-order valence-corrected chi connectivity index (χ2v) is 9.18. The van der Waals surface area contributed by atoms with Gasteiger partial charge in [-0.15, -0.1) is 0 Å². The minimum Gasteiger partial charge on any atom is -0.385 e. The Kier molecular flexibility index (Phi) is 3.70. The second kappa shape index (κ2) is 6.14. The van der Waals surface area contributed by atoms with Gasteiger partial charge in [0.25, 0.3) is 0 Å². The molecule has 1 unspecified atom stereocenters. The van der Waals surface area contributed by atoms with Gasteiger partial charge in [-0.1, -0.05) is 42.8 Å². The average Bonchev–Trinajstić information content (AvgIpc) is 3.19. The van der Waals surface area contributed by atoms with Gasteiger partial charge >= 0.3 is 0 Å². The standard InChI is InChI=1S/C26H25FN2O/c1-17-25-15-29-16-28-24(18-10-12-21(27)13-11-18)22(29)14-20(25)8-5-9-23(25)26(17,30)19-6-3-2-4-7-19/h2-4,6-7,10-14,16-17,23,30H,5,8-9,15H2,1H3/t17?,23-,25+,26+/m0/s1. The molecule has 4 atom stereocenters. The van der Waals surface area contributed by atoms with Crippen molar-refractivity contribution in [3.63, 3.8) is 0 Å². The molecule has 2 heterocycles. The van der Waals surface area contributed by atoms with Gasteiger partial charge < -0.3 is 9.67 Å². The van der Waals surface area contributed by atoms with Gasteiger partial charge in [-0.25, -0.2) is 9.37 Å². The lowest BCUT2D eigenvalue weighted by molar-refractivity contribution is -0.256. The molecule has 2 fully saturated rings. The molecule has 1 aromatic heterocycles. The van der Waals surface area contributed by atoms with Gasteiger partial charge in [0.05, 0.1) is 23.3 Å². The zero-order chi connectivity index (χ0) is 20.5. The fourth-order valence-corrected chi connectivity index (χ4v) is 6.66. The van der Waals surface area contributed by atoms with E-state index in [2.05, 4.69) is 34.7 Å². The number of rotatable bonds is 2. The molecule has 6 rings (SSSR count). The van der Waals surface area contributed by atoms with Crippen LogP contribution in [-0.2, 0) is 12.1 Å². The summed E-state index contributed by atoms with van der Waals surface area (Å²) in [5.41, 5.74) is 4.64. The molecule has 152 valence electrons. The largest absolute Gasteiger partial charge is 0.385 e. The van der Waals surface area contributed by atoms with Gasteiger partial charge in [-0.05, 0) is 55.2 Å². The number of halogens is 1.